The van der Waals surface area contributed by atoms with E-state index in [0.717, 1.165) is 5.56 Å². The Morgan fingerprint density at radius 1 is 1.04 bits per heavy atom. The van der Waals surface area contributed by atoms with E-state index in [1.807, 2.05) is 30.3 Å². The number of hydrogen-bond donors (Lipinski definition) is 1. The monoisotopic (exact) mass is 403 g/mol. The lowest BCUT2D eigenvalue weighted by molar-refractivity contribution is 0.215. The van der Waals surface area contributed by atoms with Crippen molar-refractivity contribution < 1.29 is 13.2 Å². The van der Waals surface area contributed by atoms with Gasteiger partial charge < -0.3 is 4.90 Å². The van der Waals surface area contributed by atoms with Gasteiger partial charge in [-0.25, -0.2) is 17.9 Å². The van der Waals surface area contributed by atoms with E-state index in [-0.39, 0.29) is 10.9 Å². The average molecular weight is 404 g/mol. The Balaban J connectivity index is 2.26. The molecular weight excluding hydrogens is 374 g/mol. The van der Waals surface area contributed by atoms with Crippen LogP contribution in [0.5, 0.6) is 0 Å². The summed E-state index contributed by atoms with van der Waals surface area (Å²) >= 11 is 0. The number of benzene rings is 2. The number of nitrogens with one attached hydrogen (secondary N) is 1. The van der Waals surface area contributed by atoms with Gasteiger partial charge in [-0.3, -0.25) is 4.90 Å². The molecule has 0 spiro atoms. The van der Waals surface area contributed by atoms with E-state index < -0.39 is 15.6 Å². The lowest BCUT2D eigenvalue weighted by atomic mass is 10.1. The molecule has 0 unspecified atom stereocenters. The molecular formula is C21H29N3O3S. The number of carbonyl (C=O) groups excluding carboxylic acids is 1. The van der Waals surface area contributed by atoms with Crippen LogP contribution in [0.1, 0.15) is 31.9 Å². The molecule has 0 fully saturated rings. The fourth-order valence-electron chi connectivity index (χ4n) is 2.84. The molecule has 2 amide bonds. The minimum absolute atomic E-state index is 0.172. The minimum Gasteiger partial charge on any atom is -0.323 e. The Morgan fingerprint density at radius 2 is 1.64 bits per heavy atom. The van der Waals surface area contributed by atoms with Gasteiger partial charge in [-0.05, 0) is 51.0 Å². The van der Waals surface area contributed by atoms with E-state index >= 15 is 0 Å². The summed E-state index contributed by atoms with van der Waals surface area (Å²) in [6.45, 7) is 7.57. The molecule has 0 saturated heterocycles. The zero-order chi connectivity index (χ0) is 21.1. The van der Waals surface area contributed by atoms with Gasteiger partial charge in [0.2, 0.25) is 10.0 Å². The lowest BCUT2D eigenvalue weighted by Crippen LogP contribution is -2.41. The van der Waals surface area contributed by atoms with Crippen molar-refractivity contribution in [1.29, 1.82) is 0 Å². The van der Waals surface area contributed by atoms with Crippen molar-refractivity contribution in [3.63, 3.8) is 0 Å². The molecule has 1 N–H and O–H groups in total. The minimum atomic E-state index is -3.70. The predicted molar refractivity (Wildman–Crippen MR) is 113 cm³/mol. The molecule has 0 aliphatic heterocycles. The Bertz CT molecular complexity index is 935. The topological polar surface area (TPSA) is 69.7 Å². The molecule has 0 aromatic heterocycles. The first-order chi connectivity index (χ1) is 12.9. The van der Waals surface area contributed by atoms with Crippen molar-refractivity contribution in [2.24, 2.45) is 0 Å². The molecule has 28 heavy (non-hydrogen) atoms. The molecule has 0 heterocycles. The number of aryl methyl sites for hydroxylation is 1. The van der Waals surface area contributed by atoms with Crippen LogP contribution in [0.3, 0.4) is 0 Å². The van der Waals surface area contributed by atoms with E-state index in [9.17, 15) is 13.2 Å². The molecule has 0 aliphatic carbocycles. The molecule has 2 aromatic rings. The van der Waals surface area contributed by atoms with Gasteiger partial charge in [-0.2, -0.15) is 0 Å². The van der Waals surface area contributed by atoms with Crippen LogP contribution < -0.4 is 9.62 Å². The van der Waals surface area contributed by atoms with Gasteiger partial charge in [0, 0.05) is 31.9 Å². The predicted octanol–water partition coefficient (Wildman–Crippen LogP) is 3.76. The third-order valence-corrected chi connectivity index (χ3v) is 6.07. The maximum Gasteiger partial charge on any atom is 0.324 e. The first-order valence-electron chi connectivity index (χ1n) is 9.08. The second-order valence-electron chi connectivity index (χ2n) is 7.99. The van der Waals surface area contributed by atoms with E-state index in [4.69, 9.17) is 0 Å². The van der Waals surface area contributed by atoms with Crippen molar-refractivity contribution in [3.8, 4) is 0 Å². The van der Waals surface area contributed by atoms with Crippen LogP contribution in [-0.2, 0) is 16.6 Å². The van der Waals surface area contributed by atoms with Gasteiger partial charge in [0.15, 0.2) is 0 Å². The summed E-state index contributed by atoms with van der Waals surface area (Å²) in [6, 6.07) is 14.5. The largest absolute Gasteiger partial charge is 0.324 e. The number of carbonyl (C=O) groups is 1. The molecule has 0 atom stereocenters. The second kappa shape index (κ2) is 8.32. The summed E-state index contributed by atoms with van der Waals surface area (Å²) in [4.78, 5) is 16.0. The fraction of sp³-hybridized carbons (Fsp3) is 0.381. The lowest BCUT2D eigenvalue weighted by Gasteiger charge is -2.26. The number of amides is 2. The number of anilines is 1. The highest BCUT2D eigenvalue weighted by Gasteiger charge is 2.25. The molecule has 2 aromatic carbocycles. The highest BCUT2D eigenvalue weighted by molar-refractivity contribution is 7.89. The summed E-state index contributed by atoms with van der Waals surface area (Å²) in [6.07, 6.45) is 0. The summed E-state index contributed by atoms with van der Waals surface area (Å²) in [7, 11) is -0.339. The SMILES string of the molecule is Cc1ccc(N(C)C(=O)N(C)Cc2ccccc2)cc1S(=O)(=O)NC(C)(C)C. The van der Waals surface area contributed by atoms with Crippen molar-refractivity contribution in [2.75, 3.05) is 19.0 Å². The van der Waals surface area contributed by atoms with Gasteiger partial charge in [0.25, 0.3) is 0 Å². The smallest absolute Gasteiger partial charge is 0.323 e. The quantitative estimate of drug-likeness (QED) is 0.826. The Labute approximate surface area is 168 Å². The van der Waals surface area contributed by atoms with Crippen LogP contribution in [0.4, 0.5) is 10.5 Å². The number of sulfonamides is 1. The van der Waals surface area contributed by atoms with E-state index in [0.29, 0.717) is 17.8 Å². The van der Waals surface area contributed by atoms with Crippen molar-refractivity contribution >= 4 is 21.7 Å². The van der Waals surface area contributed by atoms with E-state index in [1.165, 1.54) is 11.0 Å². The third kappa shape index (κ3) is 5.56. The number of rotatable bonds is 5. The normalized spacial score (nSPS) is 11.9. The van der Waals surface area contributed by atoms with Gasteiger partial charge in [-0.1, -0.05) is 36.4 Å². The molecule has 0 bridgehead atoms. The van der Waals surface area contributed by atoms with Crippen LogP contribution in [0, 0.1) is 6.92 Å². The van der Waals surface area contributed by atoms with Gasteiger partial charge in [0.1, 0.15) is 0 Å². The summed E-state index contributed by atoms with van der Waals surface area (Å²) in [5, 5.41) is 0. The van der Waals surface area contributed by atoms with Gasteiger partial charge in [-0.15, -0.1) is 0 Å². The van der Waals surface area contributed by atoms with Crippen molar-refractivity contribution in [3.05, 3.63) is 59.7 Å². The zero-order valence-electron chi connectivity index (χ0n) is 17.4. The molecule has 7 heteroatoms. The Morgan fingerprint density at radius 3 is 2.21 bits per heavy atom. The van der Waals surface area contributed by atoms with Crippen LogP contribution in [-0.4, -0.2) is 39.0 Å². The number of nitrogens with zero attached hydrogens (tertiary/aromatic N) is 2. The van der Waals surface area contributed by atoms with Crippen LogP contribution >= 0.6 is 0 Å². The Hall–Kier alpha value is -2.38. The molecule has 2 rings (SSSR count). The van der Waals surface area contributed by atoms with E-state index in [2.05, 4.69) is 4.72 Å². The maximum absolute atomic E-state index is 12.8. The van der Waals surface area contributed by atoms with Crippen LogP contribution in [0.2, 0.25) is 0 Å². The zero-order valence-corrected chi connectivity index (χ0v) is 18.2. The highest BCUT2D eigenvalue weighted by atomic mass is 32.2. The summed E-state index contributed by atoms with van der Waals surface area (Å²) in [5.74, 6) is 0. The first-order valence-corrected chi connectivity index (χ1v) is 10.6. The first kappa shape index (κ1) is 21.9. The van der Waals surface area contributed by atoms with Crippen molar-refractivity contribution in [2.45, 2.75) is 44.7 Å². The summed E-state index contributed by atoms with van der Waals surface area (Å²) in [5.41, 5.74) is 1.57. The van der Waals surface area contributed by atoms with Gasteiger partial charge in [0.05, 0.1) is 4.90 Å². The van der Waals surface area contributed by atoms with Crippen LogP contribution in [0.15, 0.2) is 53.4 Å². The number of urea groups is 1. The number of hydrogen-bond acceptors (Lipinski definition) is 3. The fourth-order valence-corrected chi connectivity index (χ4v) is 4.52. The maximum atomic E-state index is 12.8. The van der Waals surface area contributed by atoms with E-state index in [1.54, 1.807) is 58.8 Å². The summed E-state index contributed by atoms with van der Waals surface area (Å²) < 4.78 is 28.2. The molecule has 0 radical (unpaired) electrons. The average Bonchev–Trinajstić information content (AvgIpc) is 2.59. The molecule has 0 saturated carbocycles. The molecule has 6 nitrogen and oxygen atoms in total. The molecule has 0 aliphatic rings. The van der Waals surface area contributed by atoms with Gasteiger partial charge >= 0.3 is 6.03 Å². The van der Waals surface area contributed by atoms with Crippen molar-refractivity contribution in [1.82, 2.24) is 9.62 Å². The third-order valence-electron chi connectivity index (χ3n) is 4.17. The highest BCUT2D eigenvalue weighted by Crippen LogP contribution is 2.24. The standard InChI is InChI=1S/C21H29N3O3S/c1-16-12-13-18(14-19(16)28(26,27)22-21(2,3)4)24(6)20(25)23(5)15-17-10-8-7-9-11-17/h7-14,22H,15H2,1-6H3. The Kier molecular flexibility index (Phi) is 6.52. The second-order valence-corrected chi connectivity index (χ2v) is 9.64. The van der Waals surface area contributed by atoms with Crippen LogP contribution in [0.25, 0.3) is 0 Å². The molecule has 152 valence electrons.